The van der Waals surface area contributed by atoms with Crippen LogP contribution in [0.1, 0.15) is 89.4 Å². The van der Waals surface area contributed by atoms with E-state index in [1.807, 2.05) is 47.1 Å². The first-order valence-electron chi connectivity index (χ1n) is 22.9. The number of hydrogen-bond donors (Lipinski definition) is 6. The first-order valence-corrected chi connectivity index (χ1v) is 23.7. The van der Waals surface area contributed by atoms with Crippen LogP contribution in [0.5, 0.6) is 11.5 Å². The molecule has 0 unspecified atom stereocenters. The molecule has 2 aromatic carbocycles. The van der Waals surface area contributed by atoms with Crippen molar-refractivity contribution in [1.82, 2.24) is 45.6 Å². The van der Waals surface area contributed by atoms with Crippen LogP contribution in [0.3, 0.4) is 0 Å². The van der Waals surface area contributed by atoms with Crippen LogP contribution in [0.2, 0.25) is 10.0 Å². The van der Waals surface area contributed by atoms with Gasteiger partial charge < -0.3 is 24.5 Å². The van der Waals surface area contributed by atoms with Crippen LogP contribution < -0.4 is 37.1 Å². The number of anilines is 4. The maximum Gasteiger partial charge on any atom is 0.434 e. The average Bonchev–Trinajstić information content (AvgIpc) is 4.15. The number of halogens is 4. The van der Waals surface area contributed by atoms with E-state index in [0.29, 0.717) is 81.7 Å². The van der Waals surface area contributed by atoms with Crippen LogP contribution >= 0.6 is 23.2 Å². The molecule has 2 saturated carbocycles. The number of amides is 1. The highest BCUT2D eigenvalue weighted by Crippen LogP contribution is 2.43. The molecule has 70 heavy (non-hydrogen) atoms. The molecule has 0 bridgehead atoms. The van der Waals surface area contributed by atoms with E-state index in [1.54, 1.807) is 42.7 Å². The fourth-order valence-corrected chi connectivity index (χ4v) is 9.44. The summed E-state index contributed by atoms with van der Waals surface area (Å²) in [5.41, 5.74) is 2.45. The number of H-pyrrole nitrogens is 2. The molecule has 5 aromatic heterocycles. The van der Waals surface area contributed by atoms with Gasteiger partial charge in [0, 0.05) is 36.4 Å². The standard InChI is InChI=1S/C26H32ClFN6O2.C23H22ClFN6O3/c1-25(2,3)34-22(12-15-30-34)32-21-9-4-6-17(31-21)16-26(24(35)33-29)13-10-18(11-14-26)36-20-8-5-7-19(27)23(20)28;24-16-4-2-5-17(20(16)25)33-15-7-10-23(11-8-15,21-30-31-22(32)34-21)13-14-3-1-6-18(27-14)28-19-9-12-26-29-19/h4-9,12,15,18H,10-11,13-14,16,29H2,1-3H3,(H,31,32)(H,33,35);1-6,9,12,15H,7-8,10-11,13H2,(H,31,32)(H2,26,27,28,29). The minimum Gasteiger partial charge on any atom is -0.487 e. The van der Waals surface area contributed by atoms with E-state index in [0.717, 1.165) is 23.0 Å². The largest absolute Gasteiger partial charge is 0.487 e. The van der Waals surface area contributed by atoms with E-state index in [4.69, 9.17) is 52.9 Å². The number of nitrogens with two attached hydrogens (primary N) is 1. The van der Waals surface area contributed by atoms with Crippen LogP contribution in [0.4, 0.5) is 32.1 Å². The number of aromatic amines is 2. The number of hydrazine groups is 1. The zero-order chi connectivity index (χ0) is 49.5. The normalized spacial score (nSPS) is 20.2. The van der Waals surface area contributed by atoms with Crippen molar-refractivity contribution in [2.45, 2.75) is 108 Å². The molecule has 2 aliphatic carbocycles. The number of rotatable bonds is 14. The molecule has 0 spiro atoms. The fraction of sp³-hybridized carbons (Fsp3) is 0.367. The lowest BCUT2D eigenvalue weighted by Crippen LogP contribution is -2.48. The molecule has 21 heteroatoms. The number of aromatic nitrogens is 8. The van der Waals surface area contributed by atoms with Gasteiger partial charge in [0.1, 0.15) is 23.3 Å². The Hall–Kier alpha value is -6.83. The maximum atomic E-state index is 14.3. The number of ether oxygens (including phenoxy) is 2. The molecule has 2 aliphatic rings. The molecule has 7 N–H and O–H groups in total. The van der Waals surface area contributed by atoms with Gasteiger partial charge in [0.25, 0.3) is 0 Å². The van der Waals surface area contributed by atoms with Crippen molar-refractivity contribution >= 4 is 52.4 Å². The lowest BCUT2D eigenvalue weighted by molar-refractivity contribution is -0.134. The van der Waals surface area contributed by atoms with Crippen molar-refractivity contribution in [3.05, 3.63) is 147 Å². The van der Waals surface area contributed by atoms with Gasteiger partial charge in [-0.2, -0.15) is 10.2 Å². The molecule has 0 saturated heterocycles. The highest BCUT2D eigenvalue weighted by molar-refractivity contribution is 6.31. The number of hydrogen-bond acceptors (Lipinski definition) is 13. The lowest BCUT2D eigenvalue weighted by atomic mass is 9.69. The number of nitrogens with zero attached hydrogens (tertiary/aromatic N) is 6. The summed E-state index contributed by atoms with van der Waals surface area (Å²) in [7, 11) is 0. The topological polar surface area (TPSA) is 229 Å². The van der Waals surface area contributed by atoms with Gasteiger partial charge >= 0.3 is 5.76 Å². The molecule has 7 aromatic rings. The lowest BCUT2D eigenvalue weighted by Gasteiger charge is -2.38. The highest BCUT2D eigenvalue weighted by Gasteiger charge is 2.44. The second kappa shape index (κ2) is 21.4. The summed E-state index contributed by atoms with van der Waals surface area (Å²) in [6, 6.07) is 24.5. The number of carbonyl (C=O) groups is 1. The van der Waals surface area contributed by atoms with Crippen LogP contribution in [0, 0.1) is 17.0 Å². The fourth-order valence-electron chi connectivity index (χ4n) is 9.11. The zero-order valence-electron chi connectivity index (χ0n) is 38.8. The predicted molar refractivity (Wildman–Crippen MR) is 260 cm³/mol. The van der Waals surface area contributed by atoms with E-state index in [2.05, 4.69) is 62.3 Å². The third kappa shape index (κ3) is 11.8. The minimum absolute atomic E-state index is 0.0188. The summed E-state index contributed by atoms with van der Waals surface area (Å²) in [5.74, 6) is 7.08. The van der Waals surface area contributed by atoms with E-state index in [-0.39, 0.29) is 45.2 Å². The van der Waals surface area contributed by atoms with Crippen molar-refractivity contribution in [1.29, 1.82) is 0 Å². The summed E-state index contributed by atoms with van der Waals surface area (Å²) >= 11 is 11.8. The third-order valence-electron chi connectivity index (χ3n) is 12.7. The van der Waals surface area contributed by atoms with Gasteiger partial charge in [-0.1, -0.05) is 47.5 Å². The van der Waals surface area contributed by atoms with Gasteiger partial charge in [0.15, 0.2) is 23.1 Å². The van der Waals surface area contributed by atoms with Crippen molar-refractivity contribution in [2.75, 3.05) is 10.6 Å². The van der Waals surface area contributed by atoms with Gasteiger partial charge in [0.05, 0.1) is 51.0 Å². The summed E-state index contributed by atoms with van der Waals surface area (Å²) in [5, 5.41) is 24.2. The Labute approximate surface area is 412 Å². The molecular formula is C49H54Cl2F2N12O5. The Morgan fingerprint density at radius 1 is 0.786 bits per heavy atom. The Morgan fingerprint density at radius 3 is 1.90 bits per heavy atom. The van der Waals surface area contributed by atoms with Crippen LogP contribution in [-0.4, -0.2) is 58.3 Å². The Kier molecular flexibility index (Phi) is 15.2. The zero-order valence-corrected chi connectivity index (χ0v) is 40.3. The second-order valence-electron chi connectivity index (χ2n) is 18.6. The molecule has 0 radical (unpaired) electrons. The summed E-state index contributed by atoms with van der Waals surface area (Å²) in [4.78, 5) is 34.2. The molecule has 2 fully saturated rings. The number of benzene rings is 2. The quantitative estimate of drug-likeness (QED) is 0.0339. The van der Waals surface area contributed by atoms with Crippen LogP contribution in [0.15, 0.2) is 107 Å². The summed E-state index contributed by atoms with van der Waals surface area (Å²) in [6.45, 7) is 6.22. The smallest absolute Gasteiger partial charge is 0.434 e. The van der Waals surface area contributed by atoms with E-state index in [1.165, 1.54) is 12.1 Å². The summed E-state index contributed by atoms with van der Waals surface area (Å²) < 4.78 is 47.7. The third-order valence-corrected chi connectivity index (χ3v) is 13.2. The molecule has 1 amide bonds. The van der Waals surface area contributed by atoms with Gasteiger partial charge in [-0.15, -0.1) is 5.10 Å². The van der Waals surface area contributed by atoms with E-state index < -0.39 is 28.2 Å². The van der Waals surface area contributed by atoms with Gasteiger partial charge in [-0.25, -0.2) is 39.2 Å². The Morgan fingerprint density at radius 2 is 1.36 bits per heavy atom. The first-order chi connectivity index (χ1) is 33.6. The molecular weight excluding hydrogens is 946 g/mol. The maximum absolute atomic E-state index is 14.3. The highest BCUT2D eigenvalue weighted by atomic mass is 35.5. The van der Waals surface area contributed by atoms with Crippen molar-refractivity contribution in [2.24, 2.45) is 11.3 Å². The van der Waals surface area contributed by atoms with Crippen LogP contribution in [0.25, 0.3) is 0 Å². The molecule has 368 valence electrons. The van der Waals surface area contributed by atoms with Gasteiger partial charge in [0.2, 0.25) is 11.8 Å². The molecule has 0 aliphatic heterocycles. The van der Waals surface area contributed by atoms with E-state index >= 15 is 0 Å². The Bertz CT molecular complexity index is 2920. The molecule has 0 atom stereocenters. The first kappa shape index (κ1) is 49.6. The molecule has 9 rings (SSSR count). The molecule has 5 heterocycles. The summed E-state index contributed by atoms with van der Waals surface area (Å²) in [6.07, 6.45) is 8.57. The SMILES string of the molecule is CC(C)(C)n1nccc1Nc1cccc(CC2(C(=O)NN)CCC(Oc3cccc(Cl)c3F)CC2)n1.O=c1[nH]nc(C2(Cc3cccc(Nc4ccn[nH]4)n3)CCC(Oc3cccc(Cl)c3F)CC2)o1. The van der Waals surface area contributed by atoms with Gasteiger partial charge in [-0.05, 0) is 121 Å². The monoisotopic (exact) mass is 998 g/mol. The second-order valence-corrected chi connectivity index (χ2v) is 19.4. The van der Waals surface area contributed by atoms with Crippen molar-refractivity contribution < 1.29 is 27.5 Å². The van der Waals surface area contributed by atoms with Crippen molar-refractivity contribution in [3.8, 4) is 11.5 Å². The van der Waals surface area contributed by atoms with E-state index in [9.17, 15) is 18.4 Å². The van der Waals surface area contributed by atoms with Gasteiger partial charge in [-0.3, -0.25) is 15.3 Å². The number of carbonyl (C=O) groups excluding carboxylic acids is 1. The van der Waals surface area contributed by atoms with Crippen molar-refractivity contribution in [3.63, 3.8) is 0 Å². The molecule has 17 nitrogen and oxygen atoms in total. The number of pyridine rings is 2. The minimum atomic E-state index is -0.736. The predicted octanol–water partition coefficient (Wildman–Crippen LogP) is 9.63. The average molecular weight is 1000 g/mol. The number of nitrogens with one attached hydrogen (secondary N) is 5. The Balaban J connectivity index is 0.000000188. The van der Waals surface area contributed by atoms with Crippen LogP contribution in [-0.2, 0) is 28.6 Å².